The number of esters is 1. The highest BCUT2D eigenvalue weighted by Gasteiger charge is 2.28. The van der Waals surface area contributed by atoms with Gasteiger partial charge >= 0.3 is 12.0 Å². The van der Waals surface area contributed by atoms with E-state index in [1.54, 1.807) is 25.1 Å². The number of rotatable bonds is 6. The topological polar surface area (TPSA) is 108 Å². The van der Waals surface area contributed by atoms with E-state index in [0.717, 1.165) is 11.3 Å². The van der Waals surface area contributed by atoms with Crippen LogP contribution in [0.15, 0.2) is 34.4 Å². The summed E-state index contributed by atoms with van der Waals surface area (Å²) in [5.74, 6) is -0.461. The van der Waals surface area contributed by atoms with Gasteiger partial charge in [0.15, 0.2) is 0 Å². The van der Waals surface area contributed by atoms with Crippen molar-refractivity contribution in [2.45, 2.75) is 18.2 Å². The highest BCUT2D eigenvalue weighted by Crippen LogP contribution is 2.31. The number of amides is 2. The predicted molar refractivity (Wildman–Crippen MR) is 103 cm³/mol. The quantitative estimate of drug-likeness (QED) is 0.661. The van der Waals surface area contributed by atoms with E-state index in [9.17, 15) is 18.0 Å². The summed E-state index contributed by atoms with van der Waals surface area (Å²) in [7, 11) is -0.502. The molecule has 0 aromatic heterocycles. The summed E-state index contributed by atoms with van der Waals surface area (Å²) in [5, 5.41) is 5.28. The molecule has 0 fully saturated rings. The maximum Gasteiger partial charge on any atom is 0.337 e. The average Bonchev–Trinajstić information content (AvgIpc) is 3.04. The molecule has 10 heteroatoms. The molecule has 0 bridgehead atoms. The lowest BCUT2D eigenvalue weighted by Gasteiger charge is -2.26. The minimum atomic E-state index is -3.50. The van der Waals surface area contributed by atoms with Gasteiger partial charge in [-0.15, -0.1) is 0 Å². The molecule has 0 aliphatic carbocycles. The van der Waals surface area contributed by atoms with E-state index < -0.39 is 16.0 Å². The smallest absolute Gasteiger partial charge is 0.337 e. The molecule has 2 N–H and O–H groups in total. The van der Waals surface area contributed by atoms with Crippen molar-refractivity contribution in [2.24, 2.45) is 0 Å². The fourth-order valence-electron chi connectivity index (χ4n) is 3.25. The number of nitrogens with zero attached hydrogens (tertiary/aromatic N) is 2. The van der Waals surface area contributed by atoms with E-state index >= 15 is 0 Å². The second kappa shape index (κ2) is 7.80. The number of fused-ring (bicyclic) bond motifs is 1. The molecule has 0 atom stereocenters. The Balaban J connectivity index is 1.87. The van der Waals surface area contributed by atoms with E-state index in [4.69, 9.17) is 4.74 Å². The molecule has 0 radical (unpaired) electrons. The van der Waals surface area contributed by atoms with Crippen LogP contribution < -0.4 is 15.5 Å². The standard InChI is InChI=1S/C18H24N4O5S/c1-4-27-17(23)14-10-19-18(24)20-15(14)11-22-8-7-12-9-13(5-6-16(12)22)28(25,26)21(2)3/h5-6,9H,4,7-8,10-11H2,1-3H3,(H2,19,20,24). The number of anilines is 1. The summed E-state index contributed by atoms with van der Waals surface area (Å²) in [6.07, 6.45) is 0.681. The third-order valence-corrected chi connectivity index (χ3v) is 6.56. The summed E-state index contributed by atoms with van der Waals surface area (Å²) in [4.78, 5) is 26.2. The Kier molecular flexibility index (Phi) is 5.61. The van der Waals surface area contributed by atoms with Crippen molar-refractivity contribution in [3.8, 4) is 0 Å². The number of hydrogen-bond acceptors (Lipinski definition) is 6. The van der Waals surface area contributed by atoms with Gasteiger partial charge in [-0.2, -0.15) is 0 Å². The van der Waals surface area contributed by atoms with Crippen LogP contribution in [0.25, 0.3) is 0 Å². The zero-order chi connectivity index (χ0) is 20.5. The van der Waals surface area contributed by atoms with Crippen LogP contribution in [0.4, 0.5) is 10.5 Å². The molecular weight excluding hydrogens is 384 g/mol. The number of sulfonamides is 1. The summed E-state index contributed by atoms with van der Waals surface area (Å²) in [5.41, 5.74) is 2.70. The number of urea groups is 1. The van der Waals surface area contributed by atoms with Gasteiger partial charge < -0.3 is 20.3 Å². The second-order valence-corrected chi connectivity index (χ2v) is 8.89. The largest absolute Gasteiger partial charge is 0.463 e. The van der Waals surface area contributed by atoms with Crippen molar-refractivity contribution in [1.29, 1.82) is 0 Å². The van der Waals surface area contributed by atoms with E-state index in [-0.39, 0.29) is 24.1 Å². The molecule has 1 aromatic rings. The Morgan fingerprint density at radius 3 is 2.75 bits per heavy atom. The first kappa shape index (κ1) is 20.2. The minimum Gasteiger partial charge on any atom is -0.463 e. The second-order valence-electron chi connectivity index (χ2n) is 6.73. The Labute approximate surface area is 164 Å². The Hall–Kier alpha value is -2.59. The molecule has 0 saturated heterocycles. The first-order valence-electron chi connectivity index (χ1n) is 8.98. The van der Waals surface area contributed by atoms with Gasteiger partial charge in [-0.05, 0) is 37.1 Å². The van der Waals surface area contributed by atoms with Gasteiger partial charge in [0.1, 0.15) is 0 Å². The van der Waals surface area contributed by atoms with Gasteiger partial charge in [0, 0.05) is 26.3 Å². The Bertz CT molecular complexity index is 939. The first-order valence-corrected chi connectivity index (χ1v) is 10.4. The van der Waals surface area contributed by atoms with Gasteiger partial charge in [0.05, 0.1) is 35.9 Å². The van der Waals surface area contributed by atoms with Crippen LogP contribution in [0.1, 0.15) is 12.5 Å². The van der Waals surface area contributed by atoms with E-state index in [1.807, 2.05) is 4.90 Å². The predicted octanol–water partition coefficient (Wildman–Crippen LogP) is 0.429. The van der Waals surface area contributed by atoms with Crippen LogP contribution >= 0.6 is 0 Å². The molecule has 2 aliphatic heterocycles. The van der Waals surface area contributed by atoms with Gasteiger partial charge in [-0.1, -0.05) is 0 Å². The molecule has 2 aliphatic rings. The molecule has 0 unspecified atom stereocenters. The minimum absolute atomic E-state index is 0.112. The third-order valence-electron chi connectivity index (χ3n) is 4.75. The number of carbonyl (C=O) groups is 2. The molecule has 1 aromatic carbocycles. The van der Waals surface area contributed by atoms with Crippen molar-refractivity contribution in [2.75, 3.05) is 45.2 Å². The van der Waals surface area contributed by atoms with Gasteiger partial charge in [0.25, 0.3) is 0 Å². The number of ether oxygens (including phenoxy) is 1. The average molecular weight is 408 g/mol. The lowest BCUT2D eigenvalue weighted by molar-refractivity contribution is -0.138. The molecule has 152 valence electrons. The maximum absolute atomic E-state index is 12.3. The molecule has 28 heavy (non-hydrogen) atoms. The van der Waals surface area contributed by atoms with E-state index in [0.29, 0.717) is 30.8 Å². The van der Waals surface area contributed by atoms with Crippen molar-refractivity contribution in [1.82, 2.24) is 14.9 Å². The zero-order valence-corrected chi connectivity index (χ0v) is 16.9. The lowest BCUT2D eigenvalue weighted by atomic mass is 10.1. The molecule has 3 rings (SSSR count). The Morgan fingerprint density at radius 1 is 1.32 bits per heavy atom. The van der Waals surface area contributed by atoms with E-state index in [1.165, 1.54) is 18.4 Å². The van der Waals surface area contributed by atoms with Crippen molar-refractivity contribution in [3.63, 3.8) is 0 Å². The molecule has 2 heterocycles. The van der Waals surface area contributed by atoms with Gasteiger partial charge in [0.2, 0.25) is 10.0 Å². The monoisotopic (exact) mass is 408 g/mol. The Morgan fingerprint density at radius 2 is 2.07 bits per heavy atom. The van der Waals surface area contributed by atoms with Crippen LogP contribution in [0, 0.1) is 0 Å². The third kappa shape index (κ3) is 3.83. The van der Waals surface area contributed by atoms with Crippen molar-refractivity contribution < 1.29 is 22.7 Å². The fraction of sp³-hybridized carbons (Fsp3) is 0.444. The van der Waals surface area contributed by atoms with Crippen LogP contribution in [-0.4, -0.2) is 65.1 Å². The lowest BCUT2D eigenvalue weighted by Crippen LogP contribution is -2.46. The number of carbonyl (C=O) groups excluding carboxylic acids is 2. The van der Waals surface area contributed by atoms with Crippen molar-refractivity contribution in [3.05, 3.63) is 35.0 Å². The van der Waals surface area contributed by atoms with Crippen LogP contribution in [-0.2, 0) is 26.0 Å². The molecular formula is C18H24N4O5S. The summed E-state index contributed by atoms with van der Waals surface area (Å²) >= 11 is 0. The normalized spacial score (nSPS) is 16.7. The zero-order valence-electron chi connectivity index (χ0n) is 16.1. The van der Waals surface area contributed by atoms with E-state index in [2.05, 4.69) is 10.6 Å². The van der Waals surface area contributed by atoms with Gasteiger partial charge in [-0.3, -0.25) is 0 Å². The molecule has 0 saturated carbocycles. The molecule has 2 amide bonds. The van der Waals surface area contributed by atoms with Crippen LogP contribution in [0.5, 0.6) is 0 Å². The molecule has 9 nitrogen and oxygen atoms in total. The summed E-state index contributed by atoms with van der Waals surface area (Å²) in [6.45, 7) is 3.07. The summed E-state index contributed by atoms with van der Waals surface area (Å²) in [6, 6.07) is 4.67. The number of nitrogens with one attached hydrogen (secondary N) is 2. The number of benzene rings is 1. The number of hydrogen-bond donors (Lipinski definition) is 2. The first-order chi connectivity index (χ1) is 13.2. The van der Waals surface area contributed by atoms with Crippen LogP contribution in [0.2, 0.25) is 0 Å². The highest BCUT2D eigenvalue weighted by molar-refractivity contribution is 7.89. The fourth-order valence-corrected chi connectivity index (χ4v) is 4.21. The van der Waals surface area contributed by atoms with Crippen molar-refractivity contribution >= 4 is 27.7 Å². The maximum atomic E-state index is 12.3. The summed E-state index contributed by atoms with van der Waals surface area (Å²) < 4.78 is 31.0. The van der Waals surface area contributed by atoms with Gasteiger partial charge in [-0.25, -0.2) is 22.3 Å². The van der Waals surface area contributed by atoms with Crippen LogP contribution in [0.3, 0.4) is 0 Å². The highest BCUT2D eigenvalue weighted by atomic mass is 32.2. The molecule has 0 spiro atoms. The SMILES string of the molecule is CCOC(=O)C1=C(CN2CCc3cc(S(=O)(=O)N(C)C)ccc32)NC(=O)NC1.